The van der Waals surface area contributed by atoms with Crippen LogP contribution in [0.1, 0.15) is 74.2 Å². The maximum Gasteiger partial charge on any atom is 0.341 e. The third kappa shape index (κ3) is 4.56. The Morgan fingerprint density at radius 1 is 1.39 bits per heavy atom. The van der Waals surface area contributed by atoms with Crippen LogP contribution in [0.3, 0.4) is 0 Å². The third-order valence-electron chi connectivity index (χ3n) is 4.07. The molecule has 0 bridgehead atoms. The van der Waals surface area contributed by atoms with Gasteiger partial charge in [0.05, 0.1) is 11.7 Å². The summed E-state index contributed by atoms with van der Waals surface area (Å²) in [4.78, 5) is 25.8. The molecule has 0 spiro atoms. The van der Waals surface area contributed by atoms with Gasteiger partial charge in [0.2, 0.25) is 5.91 Å². The van der Waals surface area contributed by atoms with E-state index in [2.05, 4.69) is 19.2 Å². The van der Waals surface area contributed by atoms with Crippen LogP contribution < -0.4 is 5.32 Å². The fourth-order valence-corrected chi connectivity index (χ4v) is 4.27. The van der Waals surface area contributed by atoms with E-state index in [1.54, 1.807) is 11.3 Å². The molecule has 1 N–H and O–H groups in total. The molecule has 23 heavy (non-hydrogen) atoms. The zero-order chi connectivity index (χ0) is 17.0. The summed E-state index contributed by atoms with van der Waals surface area (Å²) >= 11 is 1.55. The number of amides is 1. The average molecular weight is 337 g/mol. The molecule has 0 fully saturated rings. The zero-order valence-corrected chi connectivity index (χ0v) is 15.3. The highest BCUT2D eigenvalue weighted by Crippen LogP contribution is 2.40. The monoisotopic (exact) mass is 337 g/mol. The molecule has 5 heteroatoms. The summed E-state index contributed by atoms with van der Waals surface area (Å²) in [6.07, 6.45) is 5.12. The predicted molar refractivity (Wildman–Crippen MR) is 94.2 cm³/mol. The molecule has 0 aromatic carbocycles. The standard InChI is InChI=1S/C18H27NO3S/c1-5-6-7-15(20)19-17-16(18(21)22-11(2)3)13-9-8-12(4)10-14(13)23-17/h11-12H,5-10H2,1-4H3,(H,19,20). The number of anilines is 1. The van der Waals surface area contributed by atoms with Gasteiger partial charge in [-0.3, -0.25) is 4.79 Å². The molecule has 128 valence electrons. The Morgan fingerprint density at radius 2 is 2.13 bits per heavy atom. The quantitative estimate of drug-likeness (QED) is 0.774. The number of fused-ring (bicyclic) bond motifs is 1. The van der Waals surface area contributed by atoms with Gasteiger partial charge in [-0.2, -0.15) is 0 Å². The van der Waals surface area contributed by atoms with Crippen molar-refractivity contribution in [1.29, 1.82) is 0 Å². The molecule has 2 rings (SSSR count). The van der Waals surface area contributed by atoms with Gasteiger partial charge in [-0.15, -0.1) is 11.3 Å². The van der Waals surface area contributed by atoms with Gasteiger partial charge in [-0.25, -0.2) is 4.79 Å². The molecule has 0 saturated carbocycles. The first-order valence-electron chi connectivity index (χ1n) is 8.57. The van der Waals surface area contributed by atoms with E-state index in [1.165, 1.54) is 4.88 Å². The lowest BCUT2D eigenvalue weighted by Gasteiger charge is -2.18. The van der Waals surface area contributed by atoms with Gasteiger partial charge in [-0.1, -0.05) is 20.3 Å². The number of rotatable bonds is 6. The summed E-state index contributed by atoms with van der Waals surface area (Å²) in [5.41, 5.74) is 1.68. The first-order chi connectivity index (χ1) is 10.9. The molecule has 1 aromatic heterocycles. The Bertz CT molecular complexity index is 577. The van der Waals surface area contributed by atoms with Crippen LogP contribution in [0.5, 0.6) is 0 Å². The van der Waals surface area contributed by atoms with E-state index in [4.69, 9.17) is 4.74 Å². The normalized spacial score (nSPS) is 17.0. The number of ether oxygens (including phenoxy) is 1. The second-order valence-corrected chi connectivity index (χ2v) is 7.77. The van der Waals surface area contributed by atoms with E-state index in [-0.39, 0.29) is 18.0 Å². The van der Waals surface area contributed by atoms with Crippen LogP contribution >= 0.6 is 11.3 Å². The molecule has 1 aliphatic rings. The summed E-state index contributed by atoms with van der Waals surface area (Å²) in [7, 11) is 0. The van der Waals surface area contributed by atoms with Gasteiger partial charge in [0.15, 0.2) is 0 Å². The summed E-state index contributed by atoms with van der Waals surface area (Å²) in [5, 5.41) is 3.63. The van der Waals surface area contributed by atoms with E-state index in [1.807, 2.05) is 13.8 Å². The Balaban J connectivity index is 2.28. The fourth-order valence-electron chi connectivity index (χ4n) is 2.85. The van der Waals surface area contributed by atoms with Crippen molar-refractivity contribution in [2.75, 3.05) is 5.32 Å². The number of unbranched alkanes of at least 4 members (excludes halogenated alkanes) is 1. The van der Waals surface area contributed by atoms with Crippen LogP contribution in [0.25, 0.3) is 0 Å². The van der Waals surface area contributed by atoms with Crippen molar-refractivity contribution in [2.45, 2.75) is 72.3 Å². The number of esters is 1. The number of hydrogen-bond acceptors (Lipinski definition) is 4. The maximum absolute atomic E-state index is 12.5. The molecule has 0 radical (unpaired) electrons. The molecule has 1 heterocycles. The minimum atomic E-state index is -0.308. The molecule has 1 aromatic rings. The Hall–Kier alpha value is -1.36. The van der Waals surface area contributed by atoms with E-state index >= 15 is 0 Å². The van der Waals surface area contributed by atoms with Crippen molar-refractivity contribution in [3.8, 4) is 0 Å². The molecule has 0 aliphatic heterocycles. The van der Waals surface area contributed by atoms with Gasteiger partial charge in [-0.05, 0) is 51.0 Å². The minimum absolute atomic E-state index is 0.0166. The lowest BCUT2D eigenvalue weighted by atomic mass is 9.88. The van der Waals surface area contributed by atoms with Crippen LogP contribution in [0.15, 0.2) is 0 Å². The minimum Gasteiger partial charge on any atom is -0.459 e. The second-order valence-electron chi connectivity index (χ2n) is 6.66. The van der Waals surface area contributed by atoms with Crippen molar-refractivity contribution < 1.29 is 14.3 Å². The van der Waals surface area contributed by atoms with Crippen molar-refractivity contribution >= 4 is 28.2 Å². The van der Waals surface area contributed by atoms with Crippen LogP contribution in [-0.4, -0.2) is 18.0 Å². The Labute approximate surface area is 142 Å². The Morgan fingerprint density at radius 3 is 2.78 bits per heavy atom. The Kier molecular flexibility index (Phi) is 6.22. The first kappa shape index (κ1) is 18.0. The lowest BCUT2D eigenvalue weighted by molar-refractivity contribution is -0.116. The smallest absolute Gasteiger partial charge is 0.341 e. The van der Waals surface area contributed by atoms with Gasteiger partial charge in [0.25, 0.3) is 0 Å². The van der Waals surface area contributed by atoms with E-state index in [0.29, 0.717) is 22.9 Å². The topological polar surface area (TPSA) is 55.4 Å². The molecule has 1 amide bonds. The first-order valence-corrected chi connectivity index (χ1v) is 9.39. The van der Waals surface area contributed by atoms with Gasteiger partial charge >= 0.3 is 5.97 Å². The van der Waals surface area contributed by atoms with Crippen LogP contribution in [0.4, 0.5) is 5.00 Å². The number of thiophene rings is 1. The average Bonchev–Trinajstić information content (AvgIpc) is 2.81. The van der Waals surface area contributed by atoms with Crippen LogP contribution in [-0.2, 0) is 22.4 Å². The van der Waals surface area contributed by atoms with Gasteiger partial charge in [0, 0.05) is 11.3 Å². The molecular weight excluding hydrogens is 310 g/mol. The highest BCUT2D eigenvalue weighted by molar-refractivity contribution is 7.17. The molecule has 4 nitrogen and oxygen atoms in total. The maximum atomic E-state index is 12.5. The number of carbonyl (C=O) groups excluding carboxylic acids is 2. The number of nitrogens with one attached hydrogen (secondary N) is 1. The predicted octanol–water partition coefficient (Wildman–Crippen LogP) is 4.57. The number of hydrogen-bond donors (Lipinski definition) is 1. The molecule has 0 saturated heterocycles. The van der Waals surface area contributed by atoms with Crippen molar-refractivity contribution in [3.63, 3.8) is 0 Å². The van der Waals surface area contributed by atoms with Crippen LogP contribution in [0, 0.1) is 5.92 Å². The van der Waals surface area contributed by atoms with E-state index in [0.717, 1.165) is 37.7 Å². The highest BCUT2D eigenvalue weighted by Gasteiger charge is 2.29. The van der Waals surface area contributed by atoms with Crippen molar-refractivity contribution in [2.24, 2.45) is 5.92 Å². The second kappa shape index (κ2) is 7.95. The SMILES string of the molecule is CCCCC(=O)Nc1sc2c(c1C(=O)OC(C)C)CCC(C)C2. The zero-order valence-electron chi connectivity index (χ0n) is 14.5. The molecule has 1 atom stereocenters. The number of carbonyl (C=O) groups is 2. The van der Waals surface area contributed by atoms with Gasteiger partial charge in [0.1, 0.15) is 5.00 Å². The largest absolute Gasteiger partial charge is 0.459 e. The van der Waals surface area contributed by atoms with Crippen LogP contribution in [0.2, 0.25) is 0 Å². The summed E-state index contributed by atoms with van der Waals surface area (Å²) in [6.45, 7) is 7.98. The molecule has 1 aliphatic carbocycles. The van der Waals surface area contributed by atoms with E-state index in [9.17, 15) is 9.59 Å². The fraction of sp³-hybridized carbons (Fsp3) is 0.667. The summed E-state index contributed by atoms with van der Waals surface area (Å²) in [5.74, 6) is 0.300. The summed E-state index contributed by atoms with van der Waals surface area (Å²) < 4.78 is 5.41. The summed E-state index contributed by atoms with van der Waals surface area (Å²) in [6, 6.07) is 0. The van der Waals surface area contributed by atoms with Crippen molar-refractivity contribution in [1.82, 2.24) is 0 Å². The van der Waals surface area contributed by atoms with Gasteiger partial charge < -0.3 is 10.1 Å². The highest BCUT2D eigenvalue weighted by atomic mass is 32.1. The van der Waals surface area contributed by atoms with Crippen molar-refractivity contribution in [3.05, 3.63) is 16.0 Å². The molecule has 1 unspecified atom stereocenters. The molecular formula is C18H27NO3S. The lowest BCUT2D eigenvalue weighted by Crippen LogP contribution is -2.18. The van der Waals surface area contributed by atoms with E-state index < -0.39 is 0 Å². The third-order valence-corrected chi connectivity index (χ3v) is 5.24.